The SMILES string of the molecule is COc1ccc(/C=C2\SC(=Nc3ccncc3Cl)N(c3ccccc3)C2=O)cc1OC. The summed E-state index contributed by atoms with van der Waals surface area (Å²) in [5.74, 6) is 1.04. The van der Waals surface area contributed by atoms with Crippen molar-refractivity contribution in [1.82, 2.24) is 4.98 Å². The Morgan fingerprint density at radius 2 is 1.84 bits per heavy atom. The molecule has 156 valence electrons. The fraction of sp³-hybridized carbons (Fsp3) is 0.0870. The van der Waals surface area contributed by atoms with E-state index in [1.165, 1.54) is 18.0 Å². The molecule has 6 nitrogen and oxygen atoms in total. The summed E-state index contributed by atoms with van der Waals surface area (Å²) in [5, 5.41) is 0.921. The molecule has 0 unspecified atom stereocenters. The molecule has 0 N–H and O–H groups in total. The molecule has 3 aromatic rings. The van der Waals surface area contributed by atoms with Gasteiger partial charge in [-0.3, -0.25) is 14.7 Å². The molecule has 4 rings (SSSR count). The number of rotatable bonds is 5. The Morgan fingerprint density at radius 1 is 1.06 bits per heavy atom. The quantitative estimate of drug-likeness (QED) is 0.475. The van der Waals surface area contributed by atoms with Crippen molar-refractivity contribution in [2.75, 3.05) is 19.1 Å². The standard InChI is InChI=1S/C23H18ClN3O3S/c1-29-19-9-8-15(12-20(19)30-2)13-21-22(28)27(16-6-4-3-5-7-16)23(31-21)26-18-10-11-25-14-17(18)24/h3-14H,1-2H3/b21-13-,26-23?. The second-order valence-corrected chi connectivity index (χ2v) is 7.84. The summed E-state index contributed by atoms with van der Waals surface area (Å²) in [5.41, 5.74) is 2.07. The van der Waals surface area contributed by atoms with E-state index < -0.39 is 0 Å². The Labute approximate surface area is 189 Å². The minimum atomic E-state index is -0.171. The monoisotopic (exact) mass is 451 g/mol. The maximum atomic E-state index is 13.3. The van der Waals surface area contributed by atoms with E-state index in [0.29, 0.717) is 32.3 Å². The lowest BCUT2D eigenvalue weighted by molar-refractivity contribution is -0.113. The molecular weight excluding hydrogens is 434 g/mol. The number of halogens is 1. The van der Waals surface area contributed by atoms with Gasteiger partial charge in [0, 0.05) is 12.4 Å². The van der Waals surface area contributed by atoms with Crippen molar-refractivity contribution in [3.8, 4) is 11.5 Å². The van der Waals surface area contributed by atoms with Crippen LogP contribution < -0.4 is 14.4 Å². The molecule has 8 heteroatoms. The van der Waals surface area contributed by atoms with Crippen LogP contribution in [-0.4, -0.2) is 30.3 Å². The highest BCUT2D eigenvalue weighted by Crippen LogP contribution is 2.39. The smallest absolute Gasteiger partial charge is 0.271 e. The Hall–Kier alpha value is -3.29. The van der Waals surface area contributed by atoms with Crippen LogP contribution in [0.15, 0.2) is 76.9 Å². The Morgan fingerprint density at radius 3 is 2.55 bits per heavy atom. The number of ether oxygens (including phenoxy) is 2. The van der Waals surface area contributed by atoms with Gasteiger partial charge in [0.2, 0.25) is 0 Å². The van der Waals surface area contributed by atoms with Crippen molar-refractivity contribution in [2.24, 2.45) is 4.99 Å². The first-order valence-corrected chi connectivity index (χ1v) is 10.5. The maximum Gasteiger partial charge on any atom is 0.271 e. The number of aromatic nitrogens is 1. The molecule has 2 heterocycles. The molecule has 0 aliphatic carbocycles. The normalized spacial score (nSPS) is 16.2. The molecule has 1 aliphatic heterocycles. The number of hydrogen-bond donors (Lipinski definition) is 0. The van der Waals surface area contributed by atoms with Crippen LogP contribution in [0.5, 0.6) is 11.5 Å². The zero-order valence-electron chi connectivity index (χ0n) is 16.8. The summed E-state index contributed by atoms with van der Waals surface area (Å²) >= 11 is 7.52. The fourth-order valence-electron chi connectivity index (χ4n) is 3.01. The molecule has 0 saturated carbocycles. The highest BCUT2D eigenvalue weighted by molar-refractivity contribution is 8.19. The molecular formula is C23H18ClN3O3S. The van der Waals surface area contributed by atoms with E-state index in [1.54, 1.807) is 37.4 Å². The summed E-state index contributed by atoms with van der Waals surface area (Å²) in [6, 6.07) is 16.6. The van der Waals surface area contributed by atoms with E-state index in [4.69, 9.17) is 21.1 Å². The van der Waals surface area contributed by atoms with Gasteiger partial charge < -0.3 is 9.47 Å². The Kier molecular flexibility index (Phi) is 6.25. The average Bonchev–Trinajstić information content (AvgIpc) is 3.10. The lowest BCUT2D eigenvalue weighted by Gasteiger charge is -2.15. The van der Waals surface area contributed by atoms with Gasteiger partial charge in [-0.1, -0.05) is 35.9 Å². The number of nitrogens with zero attached hydrogens (tertiary/aromatic N) is 3. The van der Waals surface area contributed by atoms with Gasteiger partial charge in [-0.15, -0.1) is 0 Å². The molecule has 31 heavy (non-hydrogen) atoms. The second-order valence-electron chi connectivity index (χ2n) is 6.42. The van der Waals surface area contributed by atoms with E-state index in [2.05, 4.69) is 9.98 Å². The van der Waals surface area contributed by atoms with E-state index in [-0.39, 0.29) is 5.91 Å². The number of amides is 1. The van der Waals surface area contributed by atoms with Crippen molar-refractivity contribution < 1.29 is 14.3 Å². The van der Waals surface area contributed by atoms with Crippen molar-refractivity contribution >= 4 is 51.9 Å². The highest BCUT2D eigenvalue weighted by Gasteiger charge is 2.34. The molecule has 1 fully saturated rings. The van der Waals surface area contributed by atoms with Gasteiger partial charge in [-0.05, 0) is 53.7 Å². The number of amidine groups is 1. The van der Waals surface area contributed by atoms with Gasteiger partial charge in [0.15, 0.2) is 16.7 Å². The molecule has 1 aromatic heterocycles. The van der Waals surface area contributed by atoms with E-state index >= 15 is 0 Å². The third-order valence-electron chi connectivity index (χ3n) is 4.49. The lowest BCUT2D eigenvalue weighted by Crippen LogP contribution is -2.28. The number of carbonyl (C=O) groups is 1. The second kappa shape index (κ2) is 9.24. The maximum absolute atomic E-state index is 13.3. The third-order valence-corrected chi connectivity index (χ3v) is 5.75. The number of para-hydroxylation sites is 1. The van der Waals surface area contributed by atoms with Crippen LogP contribution in [0.2, 0.25) is 5.02 Å². The average molecular weight is 452 g/mol. The number of thioether (sulfide) groups is 1. The van der Waals surface area contributed by atoms with Gasteiger partial charge >= 0.3 is 0 Å². The summed E-state index contributed by atoms with van der Waals surface area (Å²) < 4.78 is 10.7. The van der Waals surface area contributed by atoms with E-state index in [1.807, 2.05) is 48.5 Å². The van der Waals surface area contributed by atoms with Crippen LogP contribution in [0.4, 0.5) is 11.4 Å². The molecule has 0 bridgehead atoms. The van der Waals surface area contributed by atoms with Crippen LogP contribution in [-0.2, 0) is 4.79 Å². The lowest BCUT2D eigenvalue weighted by atomic mass is 10.2. The predicted molar refractivity (Wildman–Crippen MR) is 125 cm³/mol. The highest BCUT2D eigenvalue weighted by atomic mass is 35.5. The van der Waals surface area contributed by atoms with Crippen LogP contribution in [0.25, 0.3) is 6.08 Å². The molecule has 0 spiro atoms. The van der Waals surface area contributed by atoms with Gasteiger partial charge in [0.1, 0.15) is 0 Å². The third kappa shape index (κ3) is 4.42. The number of hydrogen-bond acceptors (Lipinski definition) is 6. The van der Waals surface area contributed by atoms with Crippen LogP contribution >= 0.6 is 23.4 Å². The van der Waals surface area contributed by atoms with Crippen molar-refractivity contribution in [3.05, 3.63) is 82.5 Å². The number of anilines is 1. The summed E-state index contributed by atoms with van der Waals surface area (Å²) in [4.78, 5) is 24.1. The molecule has 1 amide bonds. The number of methoxy groups -OCH3 is 2. The molecule has 2 aromatic carbocycles. The van der Waals surface area contributed by atoms with Crippen molar-refractivity contribution in [3.63, 3.8) is 0 Å². The fourth-order valence-corrected chi connectivity index (χ4v) is 4.16. The first kappa shape index (κ1) is 21.0. The first-order valence-electron chi connectivity index (χ1n) is 9.30. The predicted octanol–water partition coefficient (Wildman–Crippen LogP) is 5.56. The zero-order valence-corrected chi connectivity index (χ0v) is 18.4. The van der Waals surface area contributed by atoms with Crippen molar-refractivity contribution in [1.29, 1.82) is 0 Å². The summed E-state index contributed by atoms with van der Waals surface area (Å²) in [7, 11) is 3.15. The van der Waals surface area contributed by atoms with Gasteiger partial charge in [-0.25, -0.2) is 4.99 Å². The van der Waals surface area contributed by atoms with E-state index in [0.717, 1.165) is 11.3 Å². The first-order chi connectivity index (χ1) is 15.1. The minimum absolute atomic E-state index is 0.171. The van der Waals surface area contributed by atoms with Gasteiger partial charge in [0.05, 0.1) is 35.5 Å². The number of pyridine rings is 1. The van der Waals surface area contributed by atoms with Gasteiger partial charge in [-0.2, -0.15) is 0 Å². The molecule has 1 saturated heterocycles. The molecule has 0 atom stereocenters. The molecule has 1 aliphatic rings. The Balaban J connectivity index is 1.77. The van der Waals surface area contributed by atoms with Crippen LogP contribution in [0.1, 0.15) is 5.56 Å². The van der Waals surface area contributed by atoms with E-state index in [9.17, 15) is 4.79 Å². The largest absolute Gasteiger partial charge is 0.493 e. The molecule has 0 radical (unpaired) electrons. The summed E-state index contributed by atoms with van der Waals surface area (Å²) in [6.07, 6.45) is 4.94. The minimum Gasteiger partial charge on any atom is -0.493 e. The zero-order chi connectivity index (χ0) is 21.8. The Bertz CT molecular complexity index is 1180. The number of carbonyl (C=O) groups excluding carboxylic acids is 1. The number of aliphatic imine (C=N–C) groups is 1. The van der Waals surface area contributed by atoms with Crippen LogP contribution in [0, 0.1) is 0 Å². The topological polar surface area (TPSA) is 64.0 Å². The number of benzene rings is 2. The van der Waals surface area contributed by atoms with Crippen molar-refractivity contribution in [2.45, 2.75) is 0 Å². The van der Waals surface area contributed by atoms with Gasteiger partial charge in [0.25, 0.3) is 5.91 Å². The summed E-state index contributed by atoms with van der Waals surface area (Å²) in [6.45, 7) is 0. The van der Waals surface area contributed by atoms with Crippen LogP contribution in [0.3, 0.4) is 0 Å².